The summed E-state index contributed by atoms with van der Waals surface area (Å²) >= 11 is 0. The quantitative estimate of drug-likeness (QED) is 0.468. The molecular weight excluding hydrogens is 122 g/mol. The van der Waals surface area contributed by atoms with E-state index in [0.29, 0.717) is 5.92 Å². The Morgan fingerprint density at radius 3 is 2.90 bits per heavy atom. The summed E-state index contributed by atoms with van der Waals surface area (Å²) in [5.74, 6) is 0.738. The fourth-order valence-electron chi connectivity index (χ4n) is 1.48. The van der Waals surface area contributed by atoms with Crippen molar-refractivity contribution in [3.8, 4) is 6.07 Å². The van der Waals surface area contributed by atoms with Crippen LogP contribution in [0.15, 0.2) is 11.6 Å². The van der Waals surface area contributed by atoms with Crippen molar-refractivity contribution >= 4 is 0 Å². The van der Waals surface area contributed by atoms with Crippen molar-refractivity contribution in [2.45, 2.75) is 26.7 Å². The Balaban J connectivity index is 2.66. The average molecular weight is 135 g/mol. The third kappa shape index (κ3) is 1.39. The van der Waals surface area contributed by atoms with Crippen LogP contribution in [-0.2, 0) is 0 Å². The molecule has 1 aliphatic rings. The van der Waals surface area contributed by atoms with Crippen LogP contribution in [0.4, 0.5) is 0 Å². The molecule has 1 rings (SSSR count). The van der Waals surface area contributed by atoms with Gasteiger partial charge in [0, 0.05) is 0 Å². The number of nitrogens with zero attached hydrogens (tertiary/aromatic N) is 1. The second-order valence-corrected chi connectivity index (χ2v) is 3.15. The van der Waals surface area contributed by atoms with Gasteiger partial charge in [0.15, 0.2) is 0 Å². The van der Waals surface area contributed by atoms with Crippen molar-refractivity contribution in [2.75, 3.05) is 0 Å². The molecule has 0 radical (unpaired) electrons. The van der Waals surface area contributed by atoms with E-state index in [-0.39, 0.29) is 5.92 Å². The zero-order chi connectivity index (χ0) is 7.56. The molecule has 0 fully saturated rings. The summed E-state index contributed by atoms with van der Waals surface area (Å²) < 4.78 is 0. The molecule has 0 bridgehead atoms. The summed E-state index contributed by atoms with van der Waals surface area (Å²) in [5.41, 5.74) is 1.44. The molecular formula is C9H13N. The predicted molar refractivity (Wildman–Crippen MR) is 41.3 cm³/mol. The second-order valence-electron chi connectivity index (χ2n) is 3.15. The molecule has 0 aromatic heterocycles. The van der Waals surface area contributed by atoms with Crippen LogP contribution in [0.2, 0.25) is 0 Å². The number of hydrogen-bond donors (Lipinski definition) is 0. The van der Waals surface area contributed by atoms with E-state index in [0.717, 1.165) is 12.8 Å². The average Bonchev–Trinajstić information content (AvgIpc) is 1.88. The molecule has 0 saturated carbocycles. The molecule has 2 atom stereocenters. The first-order valence-corrected chi connectivity index (χ1v) is 3.81. The van der Waals surface area contributed by atoms with Crippen LogP contribution >= 0.6 is 0 Å². The summed E-state index contributed by atoms with van der Waals surface area (Å²) in [6.45, 7) is 4.26. The van der Waals surface area contributed by atoms with E-state index in [1.807, 2.05) is 0 Å². The first-order chi connectivity index (χ1) is 4.74. The van der Waals surface area contributed by atoms with Crippen molar-refractivity contribution in [1.29, 1.82) is 5.26 Å². The van der Waals surface area contributed by atoms with E-state index < -0.39 is 0 Å². The van der Waals surface area contributed by atoms with Gasteiger partial charge in [0.2, 0.25) is 0 Å². The zero-order valence-corrected chi connectivity index (χ0v) is 6.59. The molecule has 1 heteroatoms. The Bertz CT molecular complexity index is 185. The van der Waals surface area contributed by atoms with Crippen LogP contribution in [-0.4, -0.2) is 0 Å². The third-order valence-electron chi connectivity index (χ3n) is 2.20. The van der Waals surface area contributed by atoms with E-state index >= 15 is 0 Å². The minimum atomic E-state index is 0.267. The maximum atomic E-state index is 8.67. The first-order valence-electron chi connectivity index (χ1n) is 3.81. The molecule has 2 unspecified atom stereocenters. The zero-order valence-electron chi connectivity index (χ0n) is 6.59. The van der Waals surface area contributed by atoms with Crippen molar-refractivity contribution in [3.05, 3.63) is 11.6 Å². The number of rotatable bonds is 0. The molecule has 0 aromatic carbocycles. The summed E-state index contributed by atoms with van der Waals surface area (Å²) in [5, 5.41) is 8.67. The predicted octanol–water partition coefficient (Wildman–Crippen LogP) is 2.50. The van der Waals surface area contributed by atoms with Gasteiger partial charge in [-0.25, -0.2) is 0 Å². The summed E-state index contributed by atoms with van der Waals surface area (Å²) in [6.07, 6.45) is 4.39. The van der Waals surface area contributed by atoms with Crippen molar-refractivity contribution in [1.82, 2.24) is 0 Å². The standard InChI is InChI=1S/C9H13N/c1-7-3-4-9(6-10)8(2)5-7/h5,8-9H,3-4H2,1-2H3. The fraction of sp³-hybridized carbons (Fsp3) is 0.667. The SMILES string of the molecule is CC1=CC(C)C(C#N)CC1. The topological polar surface area (TPSA) is 23.8 Å². The molecule has 0 spiro atoms. The highest BCUT2D eigenvalue weighted by Gasteiger charge is 2.18. The van der Waals surface area contributed by atoms with Crippen LogP contribution < -0.4 is 0 Å². The molecule has 0 aliphatic heterocycles. The Labute approximate surface area is 62.4 Å². The molecule has 1 nitrogen and oxygen atoms in total. The van der Waals surface area contributed by atoms with Crippen molar-refractivity contribution < 1.29 is 0 Å². The first kappa shape index (κ1) is 7.34. The van der Waals surface area contributed by atoms with Crippen LogP contribution in [0.1, 0.15) is 26.7 Å². The lowest BCUT2D eigenvalue weighted by molar-refractivity contribution is 0.459. The highest BCUT2D eigenvalue weighted by Crippen LogP contribution is 2.27. The van der Waals surface area contributed by atoms with Crippen molar-refractivity contribution in [2.24, 2.45) is 11.8 Å². The summed E-state index contributed by atoms with van der Waals surface area (Å²) in [6, 6.07) is 2.33. The van der Waals surface area contributed by atoms with Crippen LogP contribution in [0.3, 0.4) is 0 Å². The maximum Gasteiger partial charge on any atom is 0.0661 e. The minimum absolute atomic E-state index is 0.267. The lowest BCUT2D eigenvalue weighted by Crippen LogP contribution is -2.12. The van der Waals surface area contributed by atoms with Gasteiger partial charge in [-0.1, -0.05) is 18.6 Å². The Morgan fingerprint density at radius 2 is 2.40 bits per heavy atom. The Hall–Kier alpha value is -0.770. The Kier molecular flexibility index (Phi) is 2.11. The van der Waals surface area contributed by atoms with Gasteiger partial charge in [0.05, 0.1) is 12.0 Å². The van der Waals surface area contributed by atoms with Gasteiger partial charge in [0.1, 0.15) is 0 Å². The van der Waals surface area contributed by atoms with Gasteiger partial charge in [-0.15, -0.1) is 0 Å². The lowest BCUT2D eigenvalue weighted by Gasteiger charge is -2.20. The highest BCUT2D eigenvalue weighted by molar-refractivity contribution is 5.09. The van der Waals surface area contributed by atoms with Gasteiger partial charge >= 0.3 is 0 Å². The minimum Gasteiger partial charge on any atom is -0.198 e. The van der Waals surface area contributed by atoms with E-state index in [1.165, 1.54) is 5.57 Å². The molecule has 10 heavy (non-hydrogen) atoms. The molecule has 1 aliphatic carbocycles. The largest absolute Gasteiger partial charge is 0.198 e. The maximum absolute atomic E-state index is 8.67. The molecule has 0 N–H and O–H groups in total. The molecule has 0 heterocycles. The van der Waals surface area contributed by atoms with Crippen LogP contribution in [0, 0.1) is 23.2 Å². The lowest BCUT2D eigenvalue weighted by atomic mass is 9.83. The summed E-state index contributed by atoms with van der Waals surface area (Å²) in [4.78, 5) is 0. The highest BCUT2D eigenvalue weighted by atomic mass is 14.3. The van der Waals surface area contributed by atoms with E-state index in [1.54, 1.807) is 0 Å². The van der Waals surface area contributed by atoms with Crippen LogP contribution in [0.25, 0.3) is 0 Å². The van der Waals surface area contributed by atoms with Gasteiger partial charge in [-0.05, 0) is 25.7 Å². The van der Waals surface area contributed by atoms with E-state index in [9.17, 15) is 0 Å². The Morgan fingerprint density at radius 1 is 1.70 bits per heavy atom. The van der Waals surface area contributed by atoms with Gasteiger partial charge in [-0.2, -0.15) is 5.26 Å². The van der Waals surface area contributed by atoms with Gasteiger partial charge in [-0.3, -0.25) is 0 Å². The van der Waals surface area contributed by atoms with E-state index in [4.69, 9.17) is 5.26 Å². The van der Waals surface area contributed by atoms with Crippen LogP contribution in [0.5, 0.6) is 0 Å². The van der Waals surface area contributed by atoms with Gasteiger partial charge < -0.3 is 0 Å². The monoisotopic (exact) mass is 135 g/mol. The summed E-state index contributed by atoms with van der Waals surface area (Å²) in [7, 11) is 0. The number of hydrogen-bond acceptors (Lipinski definition) is 1. The molecule has 0 aromatic rings. The number of allylic oxidation sites excluding steroid dienone is 2. The van der Waals surface area contributed by atoms with Crippen molar-refractivity contribution in [3.63, 3.8) is 0 Å². The molecule has 0 saturated heterocycles. The second kappa shape index (κ2) is 2.88. The normalized spacial score (nSPS) is 32.7. The third-order valence-corrected chi connectivity index (χ3v) is 2.20. The van der Waals surface area contributed by atoms with E-state index in [2.05, 4.69) is 26.0 Å². The smallest absolute Gasteiger partial charge is 0.0661 e. The molecule has 54 valence electrons. The van der Waals surface area contributed by atoms with Gasteiger partial charge in [0.25, 0.3) is 0 Å². The fourth-order valence-corrected chi connectivity index (χ4v) is 1.48. The number of nitriles is 1. The molecule has 0 amide bonds.